The Hall–Kier alpha value is -0.340. The molecule has 2 heteroatoms. The van der Waals surface area contributed by atoms with Crippen molar-refractivity contribution < 1.29 is 0 Å². The van der Waals surface area contributed by atoms with Gasteiger partial charge in [0.1, 0.15) is 0 Å². The third-order valence-corrected chi connectivity index (χ3v) is 3.05. The maximum atomic E-state index is 3.37. The van der Waals surface area contributed by atoms with Crippen molar-refractivity contribution in [3.05, 3.63) is 11.6 Å². The second-order valence-electron chi connectivity index (χ2n) is 5.19. The highest BCUT2D eigenvalue weighted by molar-refractivity contribution is 5.08. The summed E-state index contributed by atoms with van der Waals surface area (Å²) in [6.45, 7) is 14.8. The summed E-state index contributed by atoms with van der Waals surface area (Å²) in [7, 11) is 0. The van der Waals surface area contributed by atoms with E-state index in [9.17, 15) is 0 Å². The van der Waals surface area contributed by atoms with Gasteiger partial charge in [-0.15, -0.1) is 0 Å². The average molecular weight is 196 g/mol. The van der Waals surface area contributed by atoms with Crippen LogP contribution in [0.5, 0.6) is 0 Å². The second-order valence-corrected chi connectivity index (χ2v) is 5.19. The van der Waals surface area contributed by atoms with Gasteiger partial charge in [-0.1, -0.05) is 32.4 Å². The third-order valence-electron chi connectivity index (χ3n) is 3.05. The first-order valence-electron chi connectivity index (χ1n) is 5.60. The number of hydrogen-bond donors (Lipinski definition) is 1. The molecule has 14 heavy (non-hydrogen) atoms. The molecule has 0 aromatic heterocycles. The predicted molar refractivity (Wildman–Crippen MR) is 62.5 cm³/mol. The molecule has 1 saturated heterocycles. The van der Waals surface area contributed by atoms with Gasteiger partial charge in [-0.3, -0.25) is 4.90 Å². The van der Waals surface area contributed by atoms with E-state index >= 15 is 0 Å². The standard InChI is InChI=1S/C12H24N2/c1-11(12(2,3)4)5-8-14-9-6-13-7-10-14/h5,13H,6-10H2,1-4H3/b11-5+. The molecule has 0 atom stereocenters. The number of hydrogen-bond acceptors (Lipinski definition) is 2. The van der Waals surface area contributed by atoms with Gasteiger partial charge in [0, 0.05) is 32.7 Å². The van der Waals surface area contributed by atoms with Crippen molar-refractivity contribution in [3.8, 4) is 0 Å². The first-order chi connectivity index (χ1) is 6.50. The minimum atomic E-state index is 0.327. The van der Waals surface area contributed by atoms with Gasteiger partial charge in [0.15, 0.2) is 0 Å². The summed E-state index contributed by atoms with van der Waals surface area (Å²) in [6.07, 6.45) is 2.38. The minimum absolute atomic E-state index is 0.327. The molecule has 82 valence electrons. The van der Waals surface area contributed by atoms with E-state index in [0.29, 0.717) is 5.41 Å². The third kappa shape index (κ3) is 3.81. The van der Waals surface area contributed by atoms with Gasteiger partial charge < -0.3 is 5.32 Å². The Morgan fingerprint density at radius 3 is 2.36 bits per heavy atom. The van der Waals surface area contributed by atoms with Crippen molar-refractivity contribution in [2.45, 2.75) is 27.7 Å². The molecule has 0 radical (unpaired) electrons. The van der Waals surface area contributed by atoms with E-state index in [1.54, 1.807) is 0 Å². The maximum Gasteiger partial charge on any atom is 0.0167 e. The summed E-state index contributed by atoms with van der Waals surface area (Å²) in [5, 5.41) is 3.37. The lowest BCUT2D eigenvalue weighted by molar-refractivity contribution is 0.263. The van der Waals surface area contributed by atoms with Crippen molar-refractivity contribution in [1.82, 2.24) is 10.2 Å². The van der Waals surface area contributed by atoms with Gasteiger partial charge in [0.2, 0.25) is 0 Å². The van der Waals surface area contributed by atoms with Gasteiger partial charge in [-0.25, -0.2) is 0 Å². The van der Waals surface area contributed by atoms with E-state index < -0.39 is 0 Å². The SMILES string of the molecule is C/C(=C\CN1CCNCC1)C(C)(C)C. The molecule has 1 aliphatic heterocycles. The first-order valence-corrected chi connectivity index (χ1v) is 5.60. The lowest BCUT2D eigenvalue weighted by Gasteiger charge is -2.27. The molecule has 1 rings (SSSR count). The van der Waals surface area contributed by atoms with Crippen LogP contribution in [0.25, 0.3) is 0 Å². The Morgan fingerprint density at radius 1 is 1.29 bits per heavy atom. The second kappa shape index (κ2) is 4.94. The summed E-state index contributed by atoms with van der Waals surface area (Å²) in [5.41, 5.74) is 1.82. The van der Waals surface area contributed by atoms with Crippen LogP contribution in [0.2, 0.25) is 0 Å². The normalized spacial score (nSPS) is 21.3. The molecule has 0 unspecified atom stereocenters. The lowest BCUT2D eigenvalue weighted by Crippen LogP contribution is -2.43. The number of nitrogens with zero attached hydrogens (tertiary/aromatic N) is 1. The molecule has 1 N–H and O–H groups in total. The highest BCUT2D eigenvalue weighted by Gasteiger charge is 2.13. The van der Waals surface area contributed by atoms with Crippen LogP contribution in [0.1, 0.15) is 27.7 Å². The van der Waals surface area contributed by atoms with Crippen LogP contribution in [0.15, 0.2) is 11.6 Å². The van der Waals surface area contributed by atoms with Crippen LogP contribution in [0.3, 0.4) is 0 Å². The number of piperazine rings is 1. The molecule has 1 heterocycles. The van der Waals surface area contributed by atoms with Crippen LogP contribution in [-0.4, -0.2) is 37.6 Å². The summed E-state index contributed by atoms with van der Waals surface area (Å²) < 4.78 is 0. The Bertz CT molecular complexity index is 195. The lowest BCUT2D eigenvalue weighted by atomic mass is 9.87. The van der Waals surface area contributed by atoms with E-state index in [1.165, 1.54) is 18.7 Å². The molecule has 0 amide bonds. The Labute approximate surface area is 88.4 Å². The minimum Gasteiger partial charge on any atom is -0.314 e. The molecule has 0 aromatic rings. The Kier molecular flexibility index (Phi) is 4.14. The smallest absolute Gasteiger partial charge is 0.0167 e. The topological polar surface area (TPSA) is 15.3 Å². The van der Waals surface area contributed by atoms with Gasteiger partial charge in [-0.2, -0.15) is 0 Å². The van der Waals surface area contributed by atoms with Crippen LogP contribution in [-0.2, 0) is 0 Å². The first kappa shape index (κ1) is 11.7. The molecule has 0 aliphatic carbocycles. The van der Waals surface area contributed by atoms with Crippen molar-refractivity contribution in [3.63, 3.8) is 0 Å². The van der Waals surface area contributed by atoms with E-state index in [2.05, 4.69) is 44.0 Å². The number of allylic oxidation sites excluding steroid dienone is 1. The number of rotatable bonds is 2. The molecular weight excluding hydrogens is 172 g/mol. The summed E-state index contributed by atoms with van der Waals surface area (Å²) >= 11 is 0. The average Bonchev–Trinajstić information content (AvgIpc) is 2.14. The maximum absolute atomic E-state index is 3.37. The Morgan fingerprint density at radius 2 is 1.86 bits per heavy atom. The van der Waals surface area contributed by atoms with Gasteiger partial charge in [-0.05, 0) is 12.3 Å². The van der Waals surface area contributed by atoms with Crippen LogP contribution < -0.4 is 5.32 Å². The molecule has 0 aromatic carbocycles. The fraction of sp³-hybridized carbons (Fsp3) is 0.833. The molecule has 1 aliphatic rings. The monoisotopic (exact) mass is 196 g/mol. The zero-order valence-corrected chi connectivity index (χ0v) is 10.1. The molecule has 0 saturated carbocycles. The van der Waals surface area contributed by atoms with Gasteiger partial charge in [0.25, 0.3) is 0 Å². The zero-order chi connectivity index (χ0) is 10.6. The van der Waals surface area contributed by atoms with E-state index in [4.69, 9.17) is 0 Å². The highest BCUT2D eigenvalue weighted by atomic mass is 15.2. The van der Waals surface area contributed by atoms with Gasteiger partial charge in [0.05, 0.1) is 0 Å². The number of nitrogens with one attached hydrogen (secondary N) is 1. The molecular formula is C12H24N2. The largest absolute Gasteiger partial charge is 0.314 e. The molecule has 2 nitrogen and oxygen atoms in total. The van der Waals surface area contributed by atoms with Crippen molar-refractivity contribution in [2.75, 3.05) is 32.7 Å². The molecule has 0 spiro atoms. The van der Waals surface area contributed by atoms with E-state index in [1.807, 2.05) is 0 Å². The molecule has 1 fully saturated rings. The zero-order valence-electron chi connectivity index (χ0n) is 10.1. The summed E-state index contributed by atoms with van der Waals surface area (Å²) in [4.78, 5) is 2.51. The predicted octanol–water partition coefficient (Wildman–Crippen LogP) is 1.88. The van der Waals surface area contributed by atoms with Crippen molar-refractivity contribution in [1.29, 1.82) is 0 Å². The summed E-state index contributed by atoms with van der Waals surface area (Å²) in [5.74, 6) is 0. The van der Waals surface area contributed by atoms with E-state index in [-0.39, 0.29) is 0 Å². The fourth-order valence-electron chi connectivity index (χ4n) is 1.47. The fourth-order valence-corrected chi connectivity index (χ4v) is 1.47. The van der Waals surface area contributed by atoms with Crippen molar-refractivity contribution >= 4 is 0 Å². The van der Waals surface area contributed by atoms with Gasteiger partial charge >= 0.3 is 0 Å². The quantitative estimate of drug-likeness (QED) is 0.678. The summed E-state index contributed by atoms with van der Waals surface area (Å²) in [6, 6.07) is 0. The van der Waals surface area contributed by atoms with Crippen molar-refractivity contribution in [2.24, 2.45) is 5.41 Å². The van der Waals surface area contributed by atoms with E-state index in [0.717, 1.165) is 19.6 Å². The molecule has 0 bridgehead atoms. The van der Waals surface area contributed by atoms with Crippen LogP contribution >= 0.6 is 0 Å². The Balaban J connectivity index is 2.37. The highest BCUT2D eigenvalue weighted by Crippen LogP contribution is 2.23. The van der Waals surface area contributed by atoms with Crippen LogP contribution in [0, 0.1) is 5.41 Å². The van der Waals surface area contributed by atoms with Crippen LogP contribution in [0.4, 0.5) is 0 Å².